The SMILES string of the molecule is COCc1ccc(F)c(S(N)(=O)=O)c1. The van der Waals surface area contributed by atoms with E-state index in [-0.39, 0.29) is 6.61 Å². The van der Waals surface area contributed by atoms with Gasteiger partial charge in [0, 0.05) is 7.11 Å². The van der Waals surface area contributed by atoms with Crippen molar-refractivity contribution in [2.75, 3.05) is 7.11 Å². The van der Waals surface area contributed by atoms with E-state index in [4.69, 9.17) is 9.88 Å². The van der Waals surface area contributed by atoms with Gasteiger partial charge in [0.25, 0.3) is 0 Å². The number of hydrogen-bond donors (Lipinski definition) is 1. The Morgan fingerprint density at radius 3 is 2.64 bits per heavy atom. The van der Waals surface area contributed by atoms with Crippen molar-refractivity contribution < 1.29 is 17.5 Å². The average molecular weight is 219 g/mol. The molecule has 0 saturated heterocycles. The highest BCUT2D eigenvalue weighted by atomic mass is 32.2. The molecule has 0 radical (unpaired) electrons. The molecule has 0 unspecified atom stereocenters. The monoisotopic (exact) mass is 219 g/mol. The molecule has 0 aromatic heterocycles. The van der Waals surface area contributed by atoms with Crippen LogP contribution in [0.25, 0.3) is 0 Å². The summed E-state index contributed by atoms with van der Waals surface area (Å²) in [5, 5.41) is 4.81. The molecule has 2 N–H and O–H groups in total. The first-order chi connectivity index (χ1) is 6.45. The Morgan fingerprint density at radius 2 is 2.14 bits per heavy atom. The largest absolute Gasteiger partial charge is 0.380 e. The first-order valence-electron chi connectivity index (χ1n) is 3.75. The van der Waals surface area contributed by atoms with Crippen LogP contribution < -0.4 is 5.14 Å². The van der Waals surface area contributed by atoms with E-state index in [2.05, 4.69) is 0 Å². The van der Waals surface area contributed by atoms with Gasteiger partial charge >= 0.3 is 0 Å². The summed E-state index contributed by atoms with van der Waals surface area (Å²) in [7, 11) is -2.55. The van der Waals surface area contributed by atoms with Crippen LogP contribution in [-0.4, -0.2) is 15.5 Å². The predicted molar refractivity (Wildman–Crippen MR) is 48.5 cm³/mol. The van der Waals surface area contributed by atoms with Crippen LogP contribution in [0.1, 0.15) is 5.56 Å². The van der Waals surface area contributed by atoms with Crippen LogP contribution in [-0.2, 0) is 21.4 Å². The number of benzene rings is 1. The summed E-state index contributed by atoms with van der Waals surface area (Å²) in [4.78, 5) is -0.507. The summed E-state index contributed by atoms with van der Waals surface area (Å²) in [5.41, 5.74) is 0.554. The highest BCUT2D eigenvalue weighted by Gasteiger charge is 2.14. The Balaban J connectivity index is 3.22. The fourth-order valence-electron chi connectivity index (χ4n) is 1.02. The maximum atomic E-state index is 13.0. The lowest BCUT2D eigenvalue weighted by atomic mass is 10.2. The van der Waals surface area contributed by atoms with Crippen LogP contribution in [0.3, 0.4) is 0 Å². The van der Waals surface area contributed by atoms with Crippen molar-refractivity contribution in [2.24, 2.45) is 5.14 Å². The Bertz CT molecular complexity index is 430. The van der Waals surface area contributed by atoms with Crippen LogP contribution in [0, 0.1) is 5.82 Å². The lowest BCUT2D eigenvalue weighted by Crippen LogP contribution is -2.14. The van der Waals surface area contributed by atoms with Gasteiger partial charge in [0.2, 0.25) is 10.0 Å². The zero-order chi connectivity index (χ0) is 10.8. The van der Waals surface area contributed by atoms with Gasteiger partial charge in [-0.25, -0.2) is 17.9 Å². The Hall–Kier alpha value is -0.980. The number of ether oxygens (including phenoxy) is 1. The van der Waals surface area contributed by atoms with Gasteiger partial charge < -0.3 is 4.74 Å². The fraction of sp³-hybridized carbons (Fsp3) is 0.250. The number of sulfonamides is 1. The van der Waals surface area contributed by atoms with Gasteiger partial charge in [-0.05, 0) is 17.7 Å². The molecule has 0 atom stereocenters. The van der Waals surface area contributed by atoms with Crippen molar-refractivity contribution in [3.8, 4) is 0 Å². The van der Waals surface area contributed by atoms with Crippen molar-refractivity contribution in [1.82, 2.24) is 0 Å². The molecule has 6 heteroatoms. The van der Waals surface area contributed by atoms with Gasteiger partial charge in [-0.1, -0.05) is 6.07 Å². The normalized spacial score (nSPS) is 11.6. The van der Waals surface area contributed by atoms with Crippen LogP contribution in [0.2, 0.25) is 0 Å². The molecule has 1 rings (SSSR count). The van der Waals surface area contributed by atoms with E-state index in [0.29, 0.717) is 5.56 Å². The van der Waals surface area contributed by atoms with Crippen molar-refractivity contribution >= 4 is 10.0 Å². The standard InChI is InChI=1S/C8H10FNO3S/c1-13-5-6-2-3-7(9)8(4-6)14(10,11)12/h2-4H,5H2,1H3,(H2,10,11,12). The van der Waals surface area contributed by atoms with Crippen molar-refractivity contribution in [1.29, 1.82) is 0 Å². The number of rotatable bonds is 3. The van der Waals surface area contributed by atoms with Gasteiger partial charge in [-0.3, -0.25) is 0 Å². The van der Waals surface area contributed by atoms with Crippen molar-refractivity contribution in [3.63, 3.8) is 0 Å². The average Bonchev–Trinajstić information content (AvgIpc) is 2.07. The number of primary sulfonamides is 1. The third-order valence-corrected chi connectivity index (χ3v) is 2.54. The molecule has 14 heavy (non-hydrogen) atoms. The Morgan fingerprint density at radius 1 is 1.50 bits per heavy atom. The summed E-state index contributed by atoms with van der Waals surface area (Å²) in [6, 6.07) is 3.65. The lowest BCUT2D eigenvalue weighted by molar-refractivity contribution is 0.184. The molecule has 0 aliphatic carbocycles. The van der Waals surface area contributed by atoms with E-state index >= 15 is 0 Å². The molecule has 78 valence electrons. The van der Waals surface area contributed by atoms with Gasteiger partial charge in [0.05, 0.1) is 6.61 Å². The van der Waals surface area contributed by atoms with E-state index in [1.165, 1.54) is 13.2 Å². The molecular weight excluding hydrogens is 209 g/mol. The zero-order valence-electron chi connectivity index (χ0n) is 7.53. The summed E-state index contributed by atoms with van der Waals surface area (Å²) in [6.07, 6.45) is 0. The second kappa shape index (κ2) is 4.04. The van der Waals surface area contributed by atoms with Gasteiger partial charge in [-0.15, -0.1) is 0 Å². The molecule has 0 bridgehead atoms. The number of nitrogens with two attached hydrogens (primary N) is 1. The van der Waals surface area contributed by atoms with Crippen LogP contribution >= 0.6 is 0 Å². The molecule has 1 aromatic carbocycles. The second-order valence-electron chi connectivity index (χ2n) is 2.74. The van der Waals surface area contributed by atoms with E-state index in [9.17, 15) is 12.8 Å². The topological polar surface area (TPSA) is 69.4 Å². The highest BCUT2D eigenvalue weighted by molar-refractivity contribution is 7.89. The van der Waals surface area contributed by atoms with Gasteiger partial charge in [0.15, 0.2) is 0 Å². The molecule has 0 amide bonds. The minimum absolute atomic E-state index is 0.211. The summed E-state index contributed by atoms with van der Waals surface area (Å²) in [5.74, 6) is -0.854. The van der Waals surface area contributed by atoms with Gasteiger partial charge in [0.1, 0.15) is 10.7 Å². The Kier molecular flexibility index (Phi) is 3.20. The van der Waals surface area contributed by atoms with Crippen molar-refractivity contribution in [2.45, 2.75) is 11.5 Å². The minimum atomic E-state index is -4.00. The van der Waals surface area contributed by atoms with E-state index in [1.807, 2.05) is 0 Å². The number of halogens is 1. The van der Waals surface area contributed by atoms with Crippen LogP contribution in [0.4, 0.5) is 4.39 Å². The second-order valence-corrected chi connectivity index (χ2v) is 4.27. The van der Waals surface area contributed by atoms with Crippen LogP contribution in [0.5, 0.6) is 0 Å². The Labute approximate surface area is 81.5 Å². The summed E-state index contributed by atoms with van der Waals surface area (Å²) >= 11 is 0. The van der Waals surface area contributed by atoms with Gasteiger partial charge in [-0.2, -0.15) is 0 Å². The molecule has 0 saturated carbocycles. The first-order valence-corrected chi connectivity index (χ1v) is 5.30. The smallest absolute Gasteiger partial charge is 0.240 e. The molecule has 0 spiro atoms. The molecule has 0 aliphatic heterocycles. The maximum Gasteiger partial charge on any atom is 0.240 e. The molecule has 0 aliphatic rings. The molecule has 0 heterocycles. The van der Waals surface area contributed by atoms with Crippen LogP contribution in [0.15, 0.2) is 23.1 Å². The number of methoxy groups -OCH3 is 1. The van der Waals surface area contributed by atoms with E-state index in [0.717, 1.165) is 12.1 Å². The fourth-order valence-corrected chi connectivity index (χ4v) is 1.68. The van der Waals surface area contributed by atoms with Crippen molar-refractivity contribution in [3.05, 3.63) is 29.6 Å². The third kappa shape index (κ3) is 2.50. The van der Waals surface area contributed by atoms with E-state index < -0.39 is 20.7 Å². The molecular formula is C8H10FNO3S. The molecule has 0 fully saturated rings. The molecule has 4 nitrogen and oxygen atoms in total. The predicted octanol–water partition coefficient (Wildman–Crippen LogP) is 0.620. The minimum Gasteiger partial charge on any atom is -0.380 e. The highest BCUT2D eigenvalue weighted by Crippen LogP contribution is 2.15. The zero-order valence-corrected chi connectivity index (χ0v) is 8.34. The summed E-state index contributed by atoms with van der Waals surface area (Å²) in [6.45, 7) is 0.211. The molecule has 1 aromatic rings. The number of hydrogen-bond acceptors (Lipinski definition) is 3. The van der Waals surface area contributed by atoms with E-state index in [1.54, 1.807) is 0 Å². The third-order valence-electron chi connectivity index (χ3n) is 1.61. The summed E-state index contributed by atoms with van der Waals surface area (Å²) < 4.78 is 39.6. The maximum absolute atomic E-state index is 13.0. The first kappa shape index (κ1) is 11.1. The lowest BCUT2D eigenvalue weighted by Gasteiger charge is -2.03. The quantitative estimate of drug-likeness (QED) is 0.810.